The molecular weight excluding hydrogens is 272 g/mol. The molecule has 0 aromatic heterocycles. The molecule has 0 fully saturated rings. The van der Waals surface area contributed by atoms with E-state index >= 15 is 0 Å². The molecule has 0 saturated carbocycles. The largest absolute Gasteiger partial charge is 0.488 e. The fraction of sp³-hybridized carbons (Fsp3) is 0.294. The highest BCUT2D eigenvalue weighted by molar-refractivity contribution is 6.31. The van der Waals surface area contributed by atoms with Crippen molar-refractivity contribution in [1.82, 2.24) is 0 Å². The highest BCUT2D eigenvalue weighted by atomic mass is 35.5. The van der Waals surface area contributed by atoms with Crippen LogP contribution < -0.4 is 4.74 Å². The lowest BCUT2D eigenvalue weighted by Crippen LogP contribution is -1.99. The van der Waals surface area contributed by atoms with Gasteiger partial charge in [0.2, 0.25) is 0 Å². The minimum absolute atomic E-state index is 0.124. The van der Waals surface area contributed by atoms with Crippen LogP contribution in [0.2, 0.25) is 5.02 Å². The van der Waals surface area contributed by atoms with E-state index in [4.69, 9.17) is 16.3 Å². The number of aliphatic hydroxyl groups is 1. The van der Waals surface area contributed by atoms with Crippen molar-refractivity contribution in [3.8, 4) is 5.75 Å². The lowest BCUT2D eigenvalue weighted by molar-refractivity contribution is 0.259. The molecule has 0 spiro atoms. The summed E-state index contributed by atoms with van der Waals surface area (Å²) >= 11 is 6.03. The fourth-order valence-electron chi connectivity index (χ4n) is 1.99. The maximum atomic E-state index is 9.33. The van der Waals surface area contributed by atoms with E-state index in [1.54, 1.807) is 6.07 Å². The first-order valence-electron chi connectivity index (χ1n) is 6.71. The fourth-order valence-corrected chi connectivity index (χ4v) is 2.21. The Balaban J connectivity index is 2.07. The van der Waals surface area contributed by atoms with Crippen LogP contribution in [0.5, 0.6) is 5.75 Å². The molecule has 1 N–H and O–H groups in total. The smallest absolute Gasteiger partial charge is 0.126 e. The summed E-state index contributed by atoms with van der Waals surface area (Å²) in [7, 11) is 0. The van der Waals surface area contributed by atoms with E-state index in [0.717, 1.165) is 5.56 Å². The molecule has 0 radical (unpaired) electrons. The van der Waals surface area contributed by atoms with Crippen LogP contribution in [-0.2, 0) is 13.2 Å². The van der Waals surface area contributed by atoms with Crippen molar-refractivity contribution in [2.24, 2.45) is 0 Å². The second-order valence-electron chi connectivity index (χ2n) is 5.06. The Labute approximate surface area is 125 Å². The minimum Gasteiger partial charge on any atom is -0.488 e. The van der Waals surface area contributed by atoms with Crippen molar-refractivity contribution in [2.45, 2.75) is 33.0 Å². The molecule has 3 heteroatoms. The number of ether oxygens (including phenoxy) is 1. The van der Waals surface area contributed by atoms with Crippen molar-refractivity contribution in [1.29, 1.82) is 0 Å². The molecule has 0 aliphatic carbocycles. The molecule has 0 bridgehead atoms. The Hall–Kier alpha value is -1.51. The molecule has 2 rings (SSSR count). The first-order chi connectivity index (χ1) is 9.61. The van der Waals surface area contributed by atoms with Crippen LogP contribution in [0.1, 0.15) is 36.5 Å². The minimum atomic E-state index is -0.124. The third-order valence-corrected chi connectivity index (χ3v) is 3.63. The highest BCUT2D eigenvalue weighted by Gasteiger charge is 2.07. The summed E-state index contributed by atoms with van der Waals surface area (Å²) in [5.41, 5.74) is 3.04. The van der Waals surface area contributed by atoms with Crippen LogP contribution >= 0.6 is 11.6 Å². The lowest BCUT2D eigenvalue weighted by atomic mass is 10.0. The third kappa shape index (κ3) is 3.53. The molecule has 20 heavy (non-hydrogen) atoms. The second kappa shape index (κ2) is 6.78. The molecule has 2 aromatic carbocycles. The molecule has 0 atom stereocenters. The second-order valence-corrected chi connectivity index (χ2v) is 5.47. The van der Waals surface area contributed by atoms with Crippen LogP contribution in [0.4, 0.5) is 0 Å². The summed E-state index contributed by atoms with van der Waals surface area (Å²) in [5.74, 6) is 1.16. The molecule has 0 heterocycles. The van der Waals surface area contributed by atoms with Gasteiger partial charge in [-0.1, -0.05) is 55.8 Å². The van der Waals surface area contributed by atoms with Gasteiger partial charge in [0.1, 0.15) is 12.4 Å². The van der Waals surface area contributed by atoms with Gasteiger partial charge in [-0.25, -0.2) is 0 Å². The Kier molecular flexibility index (Phi) is 5.05. The average molecular weight is 291 g/mol. The number of benzene rings is 2. The monoisotopic (exact) mass is 290 g/mol. The summed E-state index contributed by atoms with van der Waals surface area (Å²) in [4.78, 5) is 0. The van der Waals surface area contributed by atoms with E-state index < -0.39 is 0 Å². The van der Waals surface area contributed by atoms with E-state index in [9.17, 15) is 5.11 Å². The van der Waals surface area contributed by atoms with Crippen LogP contribution in [-0.4, -0.2) is 5.11 Å². The normalized spacial score (nSPS) is 10.8. The van der Waals surface area contributed by atoms with Crippen molar-refractivity contribution in [3.63, 3.8) is 0 Å². The number of aliphatic hydroxyl groups excluding tert-OH is 1. The summed E-state index contributed by atoms with van der Waals surface area (Å²) in [6.45, 7) is 4.68. The molecular formula is C17H19ClO2. The Morgan fingerprint density at radius 2 is 1.80 bits per heavy atom. The number of rotatable bonds is 5. The van der Waals surface area contributed by atoms with Crippen LogP contribution in [0.3, 0.4) is 0 Å². The van der Waals surface area contributed by atoms with Crippen molar-refractivity contribution >= 4 is 11.6 Å². The lowest BCUT2D eigenvalue weighted by Gasteiger charge is -2.12. The molecule has 0 saturated heterocycles. The molecule has 0 amide bonds. The summed E-state index contributed by atoms with van der Waals surface area (Å²) < 4.78 is 5.75. The van der Waals surface area contributed by atoms with Gasteiger partial charge in [-0.05, 0) is 29.2 Å². The molecule has 0 aliphatic rings. The predicted octanol–water partition coefficient (Wildman–Crippen LogP) is 4.53. The van der Waals surface area contributed by atoms with Gasteiger partial charge < -0.3 is 9.84 Å². The maximum absolute atomic E-state index is 9.33. The zero-order valence-corrected chi connectivity index (χ0v) is 12.5. The van der Waals surface area contributed by atoms with E-state index in [1.165, 1.54) is 5.56 Å². The molecule has 0 aliphatic heterocycles. The summed E-state index contributed by atoms with van der Waals surface area (Å²) in [6.07, 6.45) is 0. The molecule has 0 unspecified atom stereocenters. The van der Waals surface area contributed by atoms with Gasteiger partial charge >= 0.3 is 0 Å². The molecule has 106 valence electrons. The van der Waals surface area contributed by atoms with Gasteiger partial charge in [-0.15, -0.1) is 0 Å². The quantitative estimate of drug-likeness (QED) is 0.876. The maximum Gasteiger partial charge on any atom is 0.126 e. The number of halogens is 1. The number of hydrogen-bond acceptors (Lipinski definition) is 2. The molecule has 2 nitrogen and oxygen atoms in total. The van der Waals surface area contributed by atoms with Gasteiger partial charge in [-0.2, -0.15) is 0 Å². The first kappa shape index (κ1) is 14.9. The SMILES string of the molecule is CC(C)c1ccc(COc2cccc(Cl)c2CO)cc1. The predicted molar refractivity (Wildman–Crippen MR) is 82.2 cm³/mol. The zero-order valence-electron chi connectivity index (χ0n) is 11.8. The Bertz CT molecular complexity index is 562. The zero-order chi connectivity index (χ0) is 14.5. The van der Waals surface area contributed by atoms with Gasteiger partial charge in [0, 0.05) is 10.6 Å². The van der Waals surface area contributed by atoms with Crippen LogP contribution in [0.15, 0.2) is 42.5 Å². The Morgan fingerprint density at radius 1 is 1.10 bits per heavy atom. The van der Waals surface area contributed by atoms with Gasteiger partial charge in [0.15, 0.2) is 0 Å². The summed E-state index contributed by atoms with van der Waals surface area (Å²) in [5, 5.41) is 9.86. The van der Waals surface area contributed by atoms with Gasteiger partial charge in [0.25, 0.3) is 0 Å². The van der Waals surface area contributed by atoms with E-state index in [0.29, 0.717) is 28.9 Å². The highest BCUT2D eigenvalue weighted by Crippen LogP contribution is 2.27. The van der Waals surface area contributed by atoms with Crippen LogP contribution in [0, 0.1) is 0 Å². The summed E-state index contributed by atoms with van der Waals surface area (Å²) in [6, 6.07) is 13.8. The van der Waals surface area contributed by atoms with Crippen molar-refractivity contribution in [3.05, 3.63) is 64.2 Å². The molecule has 2 aromatic rings. The van der Waals surface area contributed by atoms with E-state index in [1.807, 2.05) is 12.1 Å². The third-order valence-electron chi connectivity index (χ3n) is 3.27. The number of hydrogen-bond donors (Lipinski definition) is 1. The first-order valence-corrected chi connectivity index (χ1v) is 7.09. The van der Waals surface area contributed by atoms with Crippen LogP contribution in [0.25, 0.3) is 0 Å². The Morgan fingerprint density at radius 3 is 2.40 bits per heavy atom. The average Bonchev–Trinajstić information content (AvgIpc) is 2.45. The van der Waals surface area contributed by atoms with Crippen molar-refractivity contribution in [2.75, 3.05) is 0 Å². The van der Waals surface area contributed by atoms with Gasteiger partial charge in [0.05, 0.1) is 6.61 Å². The topological polar surface area (TPSA) is 29.5 Å². The van der Waals surface area contributed by atoms with E-state index in [-0.39, 0.29) is 6.61 Å². The van der Waals surface area contributed by atoms with E-state index in [2.05, 4.69) is 38.1 Å². The standard InChI is InChI=1S/C17H19ClO2/c1-12(2)14-8-6-13(7-9-14)11-20-17-5-3-4-16(18)15(17)10-19/h3-9,12,19H,10-11H2,1-2H3. The van der Waals surface area contributed by atoms with Gasteiger partial charge in [-0.3, -0.25) is 0 Å². The van der Waals surface area contributed by atoms with Crippen molar-refractivity contribution < 1.29 is 9.84 Å².